The summed E-state index contributed by atoms with van der Waals surface area (Å²) in [6.45, 7) is 3.76. The predicted octanol–water partition coefficient (Wildman–Crippen LogP) is 5.12. The Bertz CT molecular complexity index is 822. The summed E-state index contributed by atoms with van der Waals surface area (Å²) in [5.74, 6) is 2.73. The van der Waals surface area contributed by atoms with Crippen molar-refractivity contribution in [3.8, 4) is 11.3 Å². The zero-order chi connectivity index (χ0) is 17.8. The highest BCUT2D eigenvalue weighted by atomic mass is 35.5. The second-order valence-electron chi connectivity index (χ2n) is 6.65. The molecule has 4 rings (SSSR count). The lowest BCUT2D eigenvalue weighted by Crippen LogP contribution is -2.33. The number of furan rings is 2. The maximum absolute atomic E-state index is 6.25. The van der Waals surface area contributed by atoms with E-state index >= 15 is 0 Å². The summed E-state index contributed by atoms with van der Waals surface area (Å²) >= 11 is 6.25. The minimum absolute atomic E-state index is 0.269. The summed E-state index contributed by atoms with van der Waals surface area (Å²) in [5, 5.41) is 4.22. The number of likely N-dealkylation sites (tertiary alicyclic amines) is 1. The van der Waals surface area contributed by atoms with Crippen molar-refractivity contribution in [1.82, 2.24) is 10.2 Å². The van der Waals surface area contributed by atoms with E-state index in [4.69, 9.17) is 20.4 Å². The van der Waals surface area contributed by atoms with Gasteiger partial charge in [-0.25, -0.2) is 0 Å². The molecule has 4 nitrogen and oxygen atoms in total. The molecule has 1 saturated heterocycles. The van der Waals surface area contributed by atoms with Crippen LogP contribution in [0.15, 0.2) is 63.6 Å². The molecule has 1 N–H and O–H groups in total. The van der Waals surface area contributed by atoms with E-state index in [1.807, 2.05) is 42.5 Å². The second-order valence-corrected chi connectivity index (χ2v) is 7.06. The van der Waals surface area contributed by atoms with Gasteiger partial charge in [-0.2, -0.15) is 0 Å². The maximum Gasteiger partial charge on any atom is 0.135 e. The van der Waals surface area contributed by atoms with E-state index in [1.165, 1.54) is 12.8 Å². The van der Waals surface area contributed by atoms with Crippen LogP contribution in [0.1, 0.15) is 30.4 Å². The minimum atomic E-state index is 0.269. The van der Waals surface area contributed by atoms with Crippen LogP contribution in [0.25, 0.3) is 11.3 Å². The average Bonchev–Trinajstić information content (AvgIpc) is 3.41. The van der Waals surface area contributed by atoms with Crippen molar-refractivity contribution >= 4 is 11.6 Å². The third kappa shape index (κ3) is 3.88. The molecule has 0 saturated carbocycles. The van der Waals surface area contributed by atoms with Crippen LogP contribution >= 0.6 is 11.6 Å². The van der Waals surface area contributed by atoms with Gasteiger partial charge >= 0.3 is 0 Å². The van der Waals surface area contributed by atoms with Crippen molar-refractivity contribution in [3.63, 3.8) is 0 Å². The Morgan fingerprint density at radius 2 is 1.88 bits per heavy atom. The smallest absolute Gasteiger partial charge is 0.135 e. The third-order valence-corrected chi connectivity index (χ3v) is 5.22. The summed E-state index contributed by atoms with van der Waals surface area (Å²) in [6, 6.07) is 16.0. The fourth-order valence-corrected chi connectivity index (χ4v) is 3.78. The van der Waals surface area contributed by atoms with E-state index in [1.54, 1.807) is 6.26 Å². The molecule has 0 bridgehead atoms. The SMILES string of the molecule is Clc1ccccc1-c1ccc(CNC[C@H](c2ccco2)N2CCCC2)o1. The van der Waals surface area contributed by atoms with Gasteiger partial charge in [0.25, 0.3) is 0 Å². The highest BCUT2D eigenvalue weighted by Crippen LogP contribution is 2.29. The number of nitrogens with one attached hydrogen (secondary N) is 1. The van der Waals surface area contributed by atoms with Gasteiger partial charge in [0, 0.05) is 12.1 Å². The zero-order valence-electron chi connectivity index (χ0n) is 14.7. The first-order valence-corrected chi connectivity index (χ1v) is 9.51. The first kappa shape index (κ1) is 17.4. The first-order valence-electron chi connectivity index (χ1n) is 9.13. The normalized spacial score (nSPS) is 16.2. The molecular formula is C21H23ClN2O2. The van der Waals surface area contributed by atoms with Gasteiger partial charge in [-0.15, -0.1) is 0 Å². The molecule has 1 fully saturated rings. The minimum Gasteiger partial charge on any atom is -0.468 e. The van der Waals surface area contributed by atoms with Gasteiger partial charge in [-0.3, -0.25) is 4.90 Å². The van der Waals surface area contributed by atoms with E-state index in [9.17, 15) is 0 Å². The van der Waals surface area contributed by atoms with E-state index in [0.717, 1.165) is 42.5 Å². The second kappa shape index (κ2) is 8.12. The number of nitrogens with zero attached hydrogens (tertiary/aromatic N) is 1. The lowest BCUT2D eigenvalue weighted by molar-refractivity contribution is 0.208. The van der Waals surface area contributed by atoms with Gasteiger partial charge in [-0.05, 0) is 62.3 Å². The molecule has 1 aromatic carbocycles. The quantitative estimate of drug-likeness (QED) is 0.626. The molecule has 1 aliphatic heterocycles. The van der Waals surface area contributed by atoms with Gasteiger partial charge < -0.3 is 14.2 Å². The van der Waals surface area contributed by atoms with E-state index in [2.05, 4.69) is 16.3 Å². The lowest BCUT2D eigenvalue weighted by Gasteiger charge is -2.25. The van der Waals surface area contributed by atoms with Crippen LogP contribution in [-0.4, -0.2) is 24.5 Å². The molecule has 0 unspecified atom stereocenters. The Hall–Kier alpha value is -2.01. The molecule has 2 aromatic heterocycles. The van der Waals surface area contributed by atoms with Crippen molar-refractivity contribution in [2.45, 2.75) is 25.4 Å². The number of benzene rings is 1. The van der Waals surface area contributed by atoms with Crippen molar-refractivity contribution in [2.75, 3.05) is 19.6 Å². The summed E-state index contributed by atoms with van der Waals surface area (Å²) in [5.41, 5.74) is 0.922. The topological polar surface area (TPSA) is 41.6 Å². The van der Waals surface area contributed by atoms with Gasteiger partial charge in [0.15, 0.2) is 0 Å². The van der Waals surface area contributed by atoms with Crippen LogP contribution in [0.3, 0.4) is 0 Å². The number of halogens is 1. The molecule has 0 spiro atoms. The van der Waals surface area contributed by atoms with E-state index < -0.39 is 0 Å². The highest BCUT2D eigenvalue weighted by molar-refractivity contribution is 6.33. The first-order chi connectivity index (χ1) is 12.8. The molecule has 0 radical (unpaired) electrons. The molecule has 0 aliphatic carbocycles. The Kier molecular flexibility index (Phi) is 5.44. The van der Waals surface area contributed by atoms with Gasteiger partial charge in [0.1, 0.15) is 17.3 Å². The van der Waals surface area contributed by atoms with Crippen molar-refractivity contribution in [2.24, 2.45) is 0 Å². The average molecular weight is 371 g/mol. The Morgan fingerprint density at radius 1 is 1.04 bits per heavy atom. The van der Waals surface area contributed by atoms with E-state index in [0.29, 0.717) is 11.6 Å². The van der Waals surface area contributed by atoms with Gasteiger partial charge in [0.2, 0.25) is 0 Å². The monoisotopic (exact) mass is 370 g/mol. The Balaban J connectivity index is 1.38. The van der Waals surface area contributed by atoms with Gasteiger partial charge in [0.05, 0.1) is 23.9 Å². The molecule has 5 heteroatoms. The fraction of sp³-hybridized carbons (Fsp3) is 0.333. The number of rotatable bonds is 7. The standard InChI is InChI=1S/C21H23ClN2O2/c22-18-7-2-1-6-17(18)20-10-9-16(26-20)14-23-15-19(21-8-5-13-25-21)24-11-3-4-12-24/h1-2,5-10,13,19,23H,3-4,11-12,14-15H2/t19-/m1/s1. The number of hydrogen-bond donors (Lipinski definition) is 1. The lowest BCUT2D eigenvalue weighted by atomic mass is 10.2. The van der Waals surface area contributed by atoms with Crippen LogP contribution in [0.4, 0.5) is 0 Å². The fourth-order valence-electron chi connectivity index (χ4n) is 3.55. The third-order valence-electron chi connectivity index (χ3n) is 4.89. The van der Waals surface area contributed by atoms with Crippen LogP contribution < -0.4 is 5.32 Å². The van der Waals surface area contributed by atoms with Crippen LogP contribution in [0, 0.1) is 0 Å². The molecule has 1 aliphatic rings. The summed E-state index contributed by atoms with van der Waals surface area (Å²) in [6.07, 6.45) is 4.27. The summed E-state index contributed by atoms with van der Waals surface area (Å²) in [4.78, 5) is 2.49. The molecule has 0 amide bonds. The van der Waals surface area contributed by atoms with Crippen molar-refractivity contribution in [3.05, 3.63) is 71.3 Å². The van der Waals surface area contributed by atoms with Crippen LogP contribution in [0.5, 0.6) is 0 Å². The molecule has 136 valence electrons. The van der Waals surface area contributed by atoms with Crippen molar-refractivity contribution in [1.29, 1.82) is 0 Å². The zero-order valence-corrected chi connectivity index (χ0v) is 15.4. The molecule has 1 atom stereocenters. The summed E-state index contributed by atoms with van der Waals surface area (Å²) in [7, 11) is 0. The molecular weight excluding hydrogens is 348 g/mol. The van der Waals surface area contributed by atoms with Gasteiger partial charge in [-0.1, -0.05) is 23.7 Å². The molecule has 3 aromatic rings. The van der Waals surface area contributed by atoms with E-state index in [-0.39, 0.29) is 6.04 Å². The Morgan fingerprint density at radius 3 is 2.65 bits per heavy atom. The number of hydrogen-bond acceptors (Lipinski definition) is 4. The largest absolute Gasteiger partial charge is 0.468 e. The van der Waals surface area contributed by atoms with Crippen LogP contribution in [0.2, 0.25) is 5.02 Å². The predicted molar refractivity (Wildman–Crippen MR) is 103 cm³/mol. The Labute approximate surface area is 158 Å². The highest BCUT2D eigenvalue weighted by Gasteiger charge is 2.25. The van der Waals surface area contributed by atoms with Crippen molar-refractivity contribution < 1.29 is 8.83 Å². The maximum atomic E-state index is 6.25. The molecule has 3 heterocycles. The molecule has 26 heavy (non-hydrogen) atoms. The van der Waals surface area contributed by atoms with Crippen LogP contribution in [-0.2, 0) is 6.54 Å². The summed E-state index contributed by atoms with van der Waals surface area (Å²) < 4.78 is 11.6.